The first-order chi connectivity index (χ1) is 8.58. The topological polar surface area (TPSA) is 72.7 Å². The van der Waals surface area contributed by atoms with Gasteiger partial charge in [-0.15, -0.1) is 5.10 Å². The summed E-state index contributed by atoms with van der Waals surface area (Å²) in [5, 5.41) is 14.3. The van der Waals surface area contributed by atoms with Crippen molar-refractivity contribution in [1.29, 1.82) is 0 Å². The van der Waals surface area contributed by atoms with Crippen LogP contribution in [-0.2, 0) is 4.79 Å². The number of carbonyl (C=O) groups is 1. The molecule has 0 radical (unpaired) electrons. The third kappa shape index (κ3) is 2.73. The molecule has 0 saturated heterocycles. The summed E-state index contributed by atoms with van der Waals surface area (Å²) in [6.45, 7) is 3.30. The molecular weight excluding hydrogens is 298 g/mol. The van der Waals surface area contributed by atoms with Gasteiger partial charge in [0.1, 0.15) is 0 Å². The number of tetrazole rings is 1. The van der Waals surface area contributed by atoms with Gasteiger partial charge in [0, 0.05) is 11.4 Å². The number of rotatable bonds is 3. The molecule has 1 N–H and O–H groups in total. The minimum Gasteiger partial charge on any atom is -0.347 e. The maximum Gasteiger partial charge on any atom is 0.217 e. The van der Waals surface area contributed by atoms with Crippen molar-refractivity contribution in [3.63, 3.8) is 0 Å². The van der Waals surface area contributed by atoms with Gasteiger partial charge in [0.05, 0.1) is 11.7 Å². The van der Waals surface area contributed by atoms with Crippen LogP contribution in [-0.4, -0.2) is 26.1 Å². The fourth-order valence-corrected chi connectivity index (χ4v) is 2.01. The van der Waals surface area contributed by atoms with E-state index in [1.54, 1.807) is 4.68 Å². The first-order valence-electron chi connectivity index (χ1n) is 5.39. The molecule has 0 saturated carbocycles. The SMILES string of the molecule is CC(=O)NC(C)c1nnnn1-c1cccc(Br)c1. The molecule has 0 aliphatic rings. The minimum atomic E-state index is -0.253. The van der Waals surface area contributed by atoms with Gasteiger partial charge in [-0.25, -0.2) is 0 Å². The molecular formula is C11H12BrN5O. The number of hydrogen-bond donors (Lipinski definition) is 1. The summed E-state index contributed by atoms with van der Waals surface area (Å²) < 4.78 is 2.54. The van der Waals surface area contributed by atoms with E-state index in [0.717, 1.165) is 10.2 Å². The molecule has 0 aliphatic heterocycles. The molecule has 1 amide bonds. The van der Waals surface area contributed by atoms with Gasteiger partial charge in [-0.1, -0.05) is 22.0 Å². The summed E-state index contributed by atoms with van der Waals surface area (Å²) in [4.78, 5) is 11.1. The van der Waals surface area contributed by atoms with Crippen LogP contribution in [0, 0.1) is 0 Å². The van der Waals surface area contributed by atoms with E-state index < -0.39 is 0 Å². The quantitative estimate of drug-likeness (QED) is 0.935. The van der Waals surface area contributed by atoms with Crippen LogP contribution >= 0.6 is 15.9 Å². The number of nitrogens with one attached hydrogen (secondary N) is 1. The van der Waals surface area contributed by atoms with E-state index in [1.165, 1.54) is 6.92 Å². The number of hydrogen-bond acceptors (Lipinski definition) is 4. The molecule has 94 valence electrons. The minimum absolute atomic E-state index is 0.119. The molecule has 7 heteroatoms. The first kappa shape index (κ1) is 12.7. The van der Waals surface area contributed by atoms with Crippen LogP contribution in [0.5, 0.6) is 0 Å². The third-order valence-electron chi connectivity index (χ3n) is 2.35. The Morgan fingerprint density at radius 3 is 2.94 bits per heavy atom. The molecule has 1 aromatic carbocycles. The van der Waals surface area contributed by atoms with Crippen molar-refractivity contribution in [2.75, 3.05) is 0 Å². The maximum atomic E-state index is 11.1. The van der Waals surface area contributed by atoms with Crippen LogP contribution in [0.25, 0.3) is 5.69 Å². The van der Waals surface area contributed by atoms with Crippen LogP contribution in [0.4, 0.5) is 0 Å². The van der Waals surface area contributed by atoms with E-state index in [0.29, 0.717) is 5.82 Å². The first-order valence-corrected chi connectivity index (χ1v) is 6.18. The van der Waals surface area contributed by atoms with E-state index in [2.05, 4.69) is 36.8 Å². The Labute approximate surface area is 113 Å². The summed E-state index contributed by atoms with van der Waals surface area (Å²) in [7, 11) is 0. The molecule has 1 unspecified atom stereocenters. The lowest BCUT2D eigenvalue weighted by molar-refractivity contribution is -0.119. The van der Waals surface area contributed by atoms with Crippen molar-refractivity contribution in [3.05, 3.63) is 34.6 Å². The second kappa shape index (κ2) is 5.26. The summed E-state index contributed by atoms with van der Waals surface area (Å²) in [6, 6.07) is 7.36. The summed E-state index contributed by atoms with van der Waals surface area (Å²) >= 11 is 3.40. The second-order valence-electron chi connectivity index (χ2n) is 3.85. The predicted octanol–water partition coefficient (Wildman–Crippen LogP) is 1.62. The molecule has 0 bridgehead atoms. The highest BCUT2D eigenvalue weighted by molar-refractivity contribution is 9.10. The Bertz CT molecular complexity index is 568. The average Bonchev–Trinajstić information content (AvgIpc) is 2.76. The average molecular weight is 310 g/mol. The second-order valence-corrected chi connectivity index (χ2v) is 4.77. The highest BCUT2D eigenvalue weighted by Crippen LogP contribution is 2.17. The number of nitrogens with zero attached hydrogens (tertiary/aromatic N) is 4. The van der Waals surface area contributed by atoms with Crippen molar-refractivity contribution in [1.82, 2.24) is 25.5 Å². The number of amides is 1. The monoisotopic (exact) mass is 309 g/mol. The van der Waals surface area contributed by atoms with Gasteiger partial charge in [0.15, 0.2) is 5.82 Å². The summed E-state index contributed by atoms with van der Waals surface area (Å²) in [5.74, 6) is 0.467. The van der Waals surface area contributed by atoms with E-state index >= 15 is 0 Å². The third-order valence-corrected chi connectivity index (χ3v) is 2.85. The molecule has 1 heterocycles. The van der Waals surface area contributed by atoms with Crippen LogP contribution in [0.15, 0.2) is 28.7 Å². The Kier molecular flexibility index (Phi) is 3.71. The van der Waals surface area contributed by atoms with E-state index in [1.807, 2.05) is 31.2 Å². The highest BCUT2D eigenvalue weighted by Gasteiger charge is 2.16. The normalized spacial score (nSPS) is 12.2. The van der Waals surface area contributed by atoms with Gasteiger partial charge in [-0.05, 0) is 35.5 Å². The highest BCUT2D eigenvalue weighted by atomic mass is 79.9. The Hall–Kier alpha value is -1.76. The summed E-state index contributed by atoms with van der Waals surface area (Å²) in [6.07, 6.45) is 0. The standard InChI is InChI=1S/C11H12BrN5O/c1-7(13-8(2)18)11-14-15-16-17(11)10-5-3-4-9(12)6-10/h3-7H,1-2H3,(H,13,18). The fourth-order valence-electron chi connectivity index (χ4n) is 1.63. The molecule has 0 spiro atoms. The molecule has 1 aromatic heterocycles. The van der Waals surface area contributed by atoms with Gasteiger partial charge in [0.2, 0.25) is 5.91 Å². The lowest BCUT2D eigenvalue weighted by Crippen LogP contribution is -2.26. The van der Waals surface area contributed by atoms with Crippen molar-refractivity contribution < 1.29 is 4.79 Å². The van der Waals surface area contributed by atoms with Gasteiger partial charge in [0.25, 0.3) is 0 Å². The van der Waals surface area contributed by atoms with E-state index in [9.17, 15) is 4.79 Å². The van der Waals surface area contributed by atoms with Crippen LogP contribution in [0.1, 0.15) is 25.7 Å². The largest absolute Gasteiger partial charge is 0.347 e. The molecule has 0 aliphatic carbocycles. The van der Waals surface area contributed by atoms with E-state index in [4.69, 9.17) is 0 Å². The lowest BCUT2D eigenvalue weighted by atomic mass is 10.3. The number of halogens is 1. The predicted molar refractivity (Wildman–Crippen MR) is 69.1 cm³/mol. The lowest BCUT2D eigenvalue weighted by Gasteiger charge is -2.12. The van der Waals surface area contributed by atoms with Gasteiger partial charge in [-0.2, -0.15) is 4.68 Å². The molecule has 2 rings (SSSR count). The zero-order valence-corrected chi connectivity index (χ0v) is 11.5. The van der Waals surface area contributed by atoms with E-state index in [-0.39, 0.29) is 11.9 Å². The van der Waals surface area contributed by atoms with Crippen molar-refractivity contribution in [2.45, 2.75) is 19.9 Å². The summed E-state index contributed by atoms with van der Waals surface area (Å²) in [5.41, 5.74) is 0.835. The molecule has 0 fully saturated rings. The van der Waals surface area contributed by atoms with Crippen LogP contribution in [0.2, 0.25) is 0 Å². The molecule has 2 aromatic rings. The van der Waals surface area contributed by atoms with Crippen molar-refractivity contribution in [2.24, 2.45) is 0 Å². The van der Waals surface area contributed by atoms with Crippen molar-refractivity contribution in [3.8, 4) is 5.69 Å². The number of benzene rings is 1. The number of aromatic nitrogens is 4. The molecule has 6 nitrogen and oxygen atoms in total. The zero-order chi connectivity index (χ0) is 13.1. The van der Waals surface area contributed by atoms with Gasteiger partial charge >= 0.3 is 0 Å². The van der Waals surface area contributed by atoms with Crippen LogP contribution < -0.4 is 5.32 Å². The smallest absolute Gasteiger partial charge is 0.217 e. The fraction of sp³-hybridized carbons (Fsp3) is 0.273. The van der Waals surface area contributed by atoms with Crippen molar-refractivity contribution >= 4 is 21.8 Å². The molecule has 18 heavy (non-hydrogen) atoms. The van der Waals surface area contributed by atoms with Gasteiger partial charge in [-0.3, -0.25) is 4.79 Å². The zero-order valence-electron chi connectivity index (χ0n) is 9.96. The Morgan fingerprint density at radius 2 is 2.28 bits per heavy atom. The maximum absolute atomic E-state index is 11.1. The molecule has 1 atom stereocenters. The number of carbonyl (C=O) groups excluding carboxylic acids is 1. The Balaban J connectivity index is 2.35. The van der Waals surface area contributed by atoms with Crippen LogP contribution in [0.3, 0.4) is 0 Å². The Morgan fingerprint density at radius 1 is 1.50 bits per heavy atom. The van der Waals surface area contributed by atoms with Gasteiger partial charge < -0.3 is 5.32 Å².